The standard InChI is InChI=1S/C12H17O4P/c1-3-15-17(14,16-4-2)12(13)10-11-8-6-5-7-9-11/h5-10,13H,3-4H2,1-2H3. The van der Waals surface area contributed by atoms with E-state index in [1.807, 2.05) is 18.2 Å². The quantitative estimate of drug-likeness (QED) is 0.621. The van der Waals surface area contributed by atoms with Crippen molar-refractivity contribution in [3.63, 3.8) is 0 Å². The van der Waals surface area contributed by atoms with Crippen LogP contribution in [0.25, 0.3) is 6.08 Å². The predicted octanol–water partition coefficient (Wildman–Crippen LogP) is 3.81. The average Bonchev–Trinajstić information content (AvgIpc) is 2.31. The van der Waals surface area contributed by atoms with E-state index in [1.165, 1.54) is 6.08 Å². The number of aliphatic hydroxyl groups is 1. The summed E-state index contributed by atoms with van der Waals surface area (Å²) in [5.74, 6) is 0. The van der Waals surface area contributed by atoms with Crippen molar-refractivity contribution in [1.29, 1.82) is 0 Å². The van der Waals surface area contributed by atoms with Gasteiger partial charge in [0.2, 0.25) is 5.50 Å². The molecule has 4 nitrogen and oxygen atoms in total. The number of hydrogen-bond acceptors (Lipinski definition) is 4. The van der Waals surface area contributed by atoms with Gasteiger partial charge in [-0.1, -0.05) is 30.3 Å². The zero-order chi connectivity index (χ0) is 12.7. The van der Waals surface area contributed by atoms with E-state index in [2.05, 4.69) is 0 Å². The molecular formula is C12H17O4P. The van der Waals surface area contributed by atoms with Crippen LogP contribution >= 0.6 is 7.60 Å². The third-order valence-corrected chi connectivity index (χ3v) is 3.86. The third-order valence-electron chi connectivity index (χ3n) is 1.97. The average molecular weight is 256 g/mol. The van der Waals surface area contributed by atoms with Crippen molar-refractivity contribution >= 4 is 13.7 Å². The molecule has 0 unspecified atom stereocenters. The Balaban J connectivity index is 2.96. The molecular weight excluding hydrogens is 239 g/mol. The minimum absolute atomic E-state index is 0.212. The summed E-state index contributed by atoms with van der Waals surface area (Å²) < 4.78 is 22.2. The first-order valence-electron chi connectivity index (χ1n) is 5.47. The van der Waals surface area contributed by atoms with Gasteiger partial charge < -0.3 is 14.2 Å². The Morgan fingerprint density at radius 3 is 2.24 bits per heavy atom. The second-order valence-electron chi connectivity index (χ2n) is 3.25. The van der Waals surface area contributed by atoms with Crippen molar-refractivity contribution in [2.24, 2.45) is 0 Å². The first-order valence-corrected chi connectivity index (χ1v) is 7.02. The van der Waals surface area contributed by atoms with Gasteiger partial charge >= 0.3 is 7.60 Å². The lowest BCUT2D eigenvalue weighted by Gasteiger charge is -2.15. The largest absolute Gasteiger partial charge is 0.501 e. The van der Waals surface area contributed by atoms with Gasteiger partial charge in [-0.2, -0.15) is 0 Å². The summed E-state index contributed by atoms with van der Waals surface area (Å²) in [5.41, 5.74) is 0.372. The molecule has 0 aliphatic heterocycles. The van der Waals surface area contributed by atoms with Crippen LogP contribution in [-0.4, -0.2) is 18.3 Å². The molecule has 0 saturated carbocycles. The second kappa shape index (κ2) is 6.60. The predicted molar refractivity (Wildman–Crippen MR) is 67.9 cm³/mol. The van der Waals surface area contributed by atoms with Crippen LogP contribution in [0.2, 0.25) is 0 Å². The van der Waals surface area contributed by atoms with Crippen LogP contribution in [0.15, 0.2) is 35.8 Å². The van der Waals surface area contributed by atoms with Crippen LogP contribution in [0.4, 0.5) is 0 Å². The molecule has 5 heteroatoms. The Labute approximate surface area is 101 Å². The molecule has 0 spiro atoms. The van der Waals surface area contributed by atoms with E-state index in [1.54, 1.807) is 26.0 Å². The number of rotatable bonds is 6. The van der Waals surface area contributed by atoms with Crippen LogP contribution in [0.5, 0.6) is 0 Å². The lowest BCUT2D eigenvalue weighted by atomic mass is 10.2. The highest BCUT2D eigenvalue weighted by Crippen LogP contribution is 2.55. The van der Waals surface area contributed by atoms with E-state index in [4.69, 9.17) is 9.05 Å². The molecule has 0 aliphatic carbocycles. The SMILES string of the molecule is CCOP(=O)(OCC)C(O)=Cc1ccccc1. The van der Waals surface area contributed by atoms with Gasteiger partial charge in [0.25, 0.3) is 0 Å². The topological polar surface area (TPSA) is 55.8 Å². The minimum atomic E-state index is -3.56. The number of benzene rings is 1. The fourth-order valence-electron chi connectivity index (χ4n) is 1.29. The Kier molecular flexibility index (Phi) is 5.42. The lowest BCUT2D eigenvalue weighted by Crippen LogP contribution is -1.98. The van der Waals surface area contributed by atoms with Gasteiger partial charge in [0.1, 0.15) is 0 Å². The van der Waals surface area contributed by atoms with Gasteiger partial charge in [0, 0.05) is 0 Å². The monoisotopic (exact) mass is 256 g/mol. The van der Waals surface area contributed by atoms with Crippen LogP contribution in [0, 0.1) is 0 Å². The van der Waals surface area contributed by atoms with Gasteiger partial charge in [0.05, 0.1) is 13.2 Å². The third kappa shape index (κ3) is 4.00. The zero-order valence-electron chi connectivity index (χ0n) is 10.00. The fraction of sp³-hybridized carbons (Fsp3) is 0.333. The van der Waals surface area contributed by atoms with Crippen molar-refractivity contribution in [2.75, 3.05) is 13.2 Å². The summed E-state index contributed by atoms with van der Waals surface area (Å²) in [6, 6.07) is 9.09. The highest BCUT2D eigenvalue weighted by atomic mass is 31.2. The van der Waals surface area contributed by atoms with Crippen LogP contribution in [0.1, 0.15) is 19.4 Å². The molecule has 0 saturated heterocycles. The van der Waals surface area contributed by atoms with E-state index in [9.17, 15) is 9.67 Å². The minimum Gasteiger partial charge on any atom is -0.501 e. The molecule has 17 heavy (non-hydrogen) atoms. The molecule has 1 rings (SSSR count). The van der Waals surface area contributed by atoms with Gasteiger partial charge in [0.15, 0.2) is 0 Å². The van der Waals surface area contributed by atoms with Gasteiger partial charge in [-0.25, -0.2) is 0 Å². The van der Waals surface area contributed by atoms with Crippen LogP contribution in [0.3, 0.4) is 0 Å². The van der Waals surface area contributed by atoms with Crippen molar-refractivity contribution in [1.82, 2.24) is 0 Å². The van der Waals surface area contributed by atoms with Gasteiger partial charge in [-0.3, -0.25) is 4.57 Å². The summed E-state index contributed by atoms with van der Waals surface area (Å²) in [5, 5.41) is 9.83. The lowest BCUT2D eigenvalue weighted by molar-refractivity contribution is 0.212. The van der Waals surface area contributed by atoms with Gasteiger partial charge in [-0.05, 0) is 25.5 Å². The smallest absolute Gasteiger partial charge is 0.395 e. The Morgan fingerprint density at radius 2 is 1.76 bits per heavy atom. The summed E-state index contributed by atoms with van der Waals surface area (Å²) in [6.45, 7) is 3.82. The molecule has 0 heterocycles. The van der Waals surface area contributed by atoms with E-state index < -0.39 is 7.60 Å². The normalized spacial score (nSPS) is 12.7. The Hall–Kier alpha value is -1.09. The molecule has 0 aromatic heterocycles. The molecule has 0 atom stereocenters. The molecule has 1 aromatic rings. The molecule has 0 fully saturated rings. The molecule has 0 amide bonds. The van der Waals surface area contributed by atoms with Gasteiger partial charge in [-0.15, -0.1) is 0 Å². The van der Waals surface area contributed by atoms with Crippen molar-refractivity contribution in [2.45, 2.75) is 13.8 Å². The maximum Gasteiger partial charge on any atom is 0.395 e. The maximum atomic E-state index is 12.2. The molecule has 94 valence electrons. The van der Waals surface area contributed by atoms with E-state index >= 15 is 0 Å². The molecule has 0 aliphatic rings. The second-order valence-corrected chi connectivity index (χ2v) is 5.22. The summed E-state index contributed by atoms with van der Waals surface area (Å²) in [4.78, 5) is 0. The van der Waals surface area contributed by atoms with E-state index in [-0.39, 0.29) is 18.7 Å². The molecule has 0 bridgehead atoms. The molecule has 1 aromatic carbocycles. The Morgan fingerprint density at radius 1 is 1.24 bits per heavy atom. The molecule has 1 N–H and O–H groups in total. The fourth-order valence-corrected chi connectivity index (χ4v) is 2.61. The first-order chi connectivity index (χ1) is 8.12. The van der Waals surface area contributed by atoms with Crippen molar-refractivity contribution < 1.29 is 18.7 Å². The summed E-state index contributed by atoms with van der Waals surface area (Å²) >= 11 is 0. The number of hydrogen-bond donors (Lipinski definition) is 1. The maximum absolute atomic E-state index is 12.2. The van der Waals surface area contributed by atoms with Crippen LogP contribution in [-0.2, 0) is 13.6 Å². The van der Waals surface area contributed by atoms with E-state index in [0.717, 1.165) is 5.56 Å². The van der Waals surface area contributed by atoms with Crippen molar-refractivity contribution in [3.8, 4) is 0 Å². The van der Waals surface area contributed by atoms with Crippen molar-refractivity contribution in [3.05, 3.63) is 41.4 Å². The summed E-state index contributed by atoms with van der Waals surface area (Å²) in [6.07, 6.45) is 1.39. The molecule has 0 radical (unpaired) electrons. The Bertz CT molecular complexity index is 404. The highest BCUT2D eigenvalue weighted by molar-refractivity contribution is 7.58. The highest BCUT2D eigenvalue weighted by Gasteiger charge is 2.29. The van der Waals surface area contributed by atoms with E-state index in [0.29, 0.717) is 0 Å². The summed E-state index contributed by atoms with van der Waals surface area (Å²) in [7, 11) is -3.56. The van der Waals surface area contributed by atoms with Crippen LogP contribution < -0.4 is 0 Å². The first kappa shape index (κ1) is 14.0. The zero-order valence-corrected chi connectivity index (χ0v) is 10.9. The number of aliphatic hydroxyl groups excluding tert-OH is 1.